The van der Waals surface area contributed by atoms with Gasteiger partial charge in [0.2, 0.25) is 0 Å². The van der Waals surface area contributed by atoms with E-state index in [2.05, 4.69) is 22.2 Å². The quantitative estimate of drug-likeness (QED) is 0.776. The molecule has 1 atom stereocenters. The van der Waals surface area contributed by atoms with Gasteiger partial charge in [0.1, 0.15) is 0 Å². The maximum absolute atomic E-state index is 4.23. The fourth-order valence-corrected chi connectivity index (χ4v) is 3.01. The molecule has 0 aromatic carbocycles. The Morgan fingerprint density at radius 1 is 1.50 bits per heavy atom. The number of rotatable bonds is 5. The van der Waals surface area contributed by atoms with Crippen LogP contribution in [0.1, 0.15) is 39.0 Å². The number of nitrogens with one attached hydrogen (secondary N) is 2. The lowest BCUT2D eigenvalue weighted by molar-refractivity contribution is 0.375. The molecule has 0 aliphatic heterocycles. The van der Waals surface area contributed by atoms with E-state index in [1.54, 1.807) is 0 Å². The molecule has 0 saturated heterocycles. The number of aromatic amines is 1. The van der Waals surface area contributed by atoms with Crippen LogP contribution in [0, 0.1) is 0 Å². The highest BCUT2D eigenvalue weighted by molar-refractivity contribution is 7.99. The van der Waals surface area contributed by atoms with E-state index in [9.17, 15) is 0 Å². The summed E-state index contributed by atoms with van der Waals surface area (Å²) in [4.78, 5) is 7.36. The van der Waals surface area contributed by atoms with Gasteiger partial charge in [-0.15, -0.1) is 0 Å². The Balaban J connectivity index is 1.65. The molecule has 1 saturated carbocycles. The lowest BCUT2D eigenvalue weighted by atomic mass is 9.95. The number of nitrogens with zero attached hydrogens (tertiary/aromatic N) is 1. The summed E-state index contributed by atoms with van der Waals surface area (Å²) in [6, 6.07) is 0.758. The first-order valence-corrected chi connectivity index (χ1v) is 7.12. The van der Waals surface area contributed by atoms with Crippen molar-refractivity contribution in [2.75, 3.05) is 6.54 Å². The van der Waals surface area contributed by atoms with Gasteiger partial charge < -0.3 is 10.3 Å². The van der Waals surface area contributed by atoms with E-state index in [0.717, 1.165) is 17.7 Å². The van der Waals surface area contributed by atoms with Crippen LogP contribution in [0.4, 0.5) is 0 Å². The molecule has 2 rings (SSSR count). The first kappa shape index (κ1) is 12.0. The van der Waals surface area contributed by atoms with Crippen LogP contribution in [-0.4, -0.2) is 27.8 Å². The van der Waals surface area contributed by atoms with Crippen molar-refractivity contribution in [1.29, 1.82) is 0 Å². The minimum absolute atomic E-state index is 0.577. The van der Waals surface area contributed by atoms with Gasteiger partial charge in [-0.1, -0.05) is 37.9 Å². The van der Waals surface area contributed by atoms with Crippen molar-refractivity contribution in [3.63, 3.8) is 0 Å². The van der Waals surface area contributed by atoms with Crippen LogP contribution in [0.2, 0.25) is 0 Å². The van der Waals surface area contributed by atoms with E-state index in [1.165, 1.54) is 32.1 Å². The lowest BCUT2D eigenvalue weighted by Gasteiger charge is -2.24. The minimum Gasteiger partial charge on any atom is -0.340 e. The summed E-state index contributed by atoms with van der Waals surface area (Å²) in [5.74, 6) is 0. The molecule has 1 aliphatic carbocycles. The maximum Gasteiger partial charge on any atom is 0.165 e. The highest BCUT2D eigenvalue weighted by Gasteiger charge is 2.14. The summed E-state index contributed by atoms with van der Waals surface area (Å²) in [5.41, 5.74) is 0. The molecule has 0 bridgehead atoms. The molecule has 1 heterocycles. The molecule has 1 fully saturated rings. The van der Waals surface area contributed by atoms with Crippen molar-refractivity contribution < 1.29 is 0 Å². The van der Waals surface area contributed by atoms with E-state index in [-0.39, 0.29) is 0 Å². The Bertz CT molecular complexity index is 280. The average Bonchev–Trinajstić information content (AvgIpc) is 2.81. The predicted molar refractivity (Wildman–Crippen MR) is 68.8 cm³/mol. The monoisotopic (exact) mass is 239 g/mol. The molecule has 0 amide bonds. The summed E-state index contributed by atoms with van der Waals surface area (Å²) in [6.07, 6.45) is 10.6. The van der Waals surface area contributed by atoms with Gasteiger partial charge in [-0.2, -0.15) is 0 Å². The van der Waals surface area contributed by atoms with Gasteiger partial charge in [0.05, 0.1) is 0 Å². The largest absolute Gasteiger partial charge is 0.340 e. The molecule has 1 aromatic heterocycles. The van der Waals surface area contributed by atoms with E-state index in [1.807, 2.05) is 24.2 Å². The van der Waals surface area contributed by atoms with Crippen LogP contribution in [-0.2, 0) is 0 Å². The van der Waals surface area contributed by atoms with Crippen LogP contribution >= 0.6 is 11.8 Å². The zero-order valence-electron chi connectivity index (χ0n) is 9.91. The van der Waals surface area contributed by atoms with Crippen molar-refractivity contribution in [2.45, 2.75) is 55.5 Å². The topological polar surface area (TPSA) is 40.7 Å². The molecule has 0 spiro atoms. The van der Waals surface area contributed by atoms with Crippen LogP contribution in [0.5, 0.6) is 0 Å². The van der Waals surface area contributed by atoms with Crippen molar-refractivity contribution in [3.8, 4) is 0 Å². The molecule has 90 valence electrons. The fraction of sp³-hybridized carbons (Fsp3) is 0.750. The zero-order valence-corrected chi connectivity index (χ0v) is 10.7. The van der Waals surface area contributed by atoms with E-state index < -0.39 is 0 Å². The summed E-state index contributed by atoms with van der Waals surface area (Å²) >= 11 is 1.81. The van der Waals surface area contributed by atoms with E-state index >= 15 is 0 Å². The summed E-state index contributed by atoms with van der Waals surface area (Å²) in [5, 5.41) is 5.27. The lowest BCUT2D eigenvalue weighted by Crippen LogP contribution is -2.35. The molecule has 1 aromatic rings. The standard InChI is InChI=1S/C12H21N3S/c1-10(16-12-13-7-8-14-12)9-15-11-5-3-2-4-6-11/h7-8,10-11,15H,2-6,9H2,1H3,(H,13,14). The second-order valence-electron chi connectivity index (χ2n) is 4.57. The van der Waals surface area contributed by atoms with Crippen molar-refractivity contribution in [2.24, 2.45) is 0 Å². The number of aromatic nitrogens is 2. The second kappa shape index (κ2) is 6.30. The van der Waals surface area contributed by atoms with Gasteiger partial charge in [-0.3, -0.25) is 0 Å². The molecule has 3 nitrogen and oxygen atoms in total. The first-order chi connectivity index (χ1) is 7.84. The molecule has 1 aliphatic rings. The predicted octanol–water partition coefficient (Wildman–Crippen LogP) is 2.81. The number of hydrogen-bond acceptors (Lipinski definition) is 3. The Kier molecular flexibility index (Phi) is 4.72. The third kappa shape index (κ3) is 3.83. The Morgan fingerprint density at radius 3 is 3.00 bits per heavy atom. The zero-order chi connectivity index (χ0) is 11.2. The summed E-state index contributed by atoms with van der Waals surface area (Å²) in [6.45, 7) is 3.33. The van der Waals surface area contributed by atoms with E-state index in [4.69, 9.17) is 0 Å². The van der Waals surface area contributed by atoms with Gasteiger partial charge in [0, 0.05) is 30.2 Å². The maximum atomic E-state index is 4.23. The summed E-state index contributed by atoms with van der Waals surface area (Å²) < 4.78 is 0. The number of imidazole rings is 1. The van der Waals surface area contributed by atoms with Gasteiger partial charge in [-0.05, 0) is 12.8 Å². The molecule has 16 heavy (non-hydrogen) atoms. The third-order valence-electron chi connectivity index (χ3n) is 3.09. The molecule has 4 heteroatoms. The smallest absolute Gasteiger partial charge is 0.165 e. The highest BCUT2D eigenvalue weighted by Crippen LogP contribution is 2.20. The molecule has 2 N–H and O–H groups in total. The van der Waals surface area contributed by atoms with Crippen LogP contribution in [0.15, 0.2) is 17.6 Å². The van der Waals surface area contributed by atoms with Crippen LogP contribution in [0.3, 0.4) is 0 Å². The average molecular weight is 239 g/mol. The number of H-pyrrole nitrogens is 1. The van der Waals surface area contributed by atoms with Crippen molar-refractivity contribution in [3.05, 3.63) is 12.4 Å². The molecule has 1 unspecified atom stereocenters. The Morgan fingerprint density at radius 2 is 2.31 bits per heavy atom. The van der Waals surface area contributed by atoms with E-state index in [0.29, 0.717) is 5.25 Å². The van der Waals surface area contributed by atoms with Crippen LogP contribution in [0.25, 0.3) is 0 Å². The number of hydrogen-bond donors (Lipinski definition) is 2. The summed E-state index contributed by atoms with van der Waals surface area (Å²) in [7, 11) is 0. The normalized spacial score (nSPS) is 19.8. The van der Waals surface area contributed by atoms with Gasteiger partial charge in [0.15, 0.2) is 5.16 Å². The highest BCUT2D eigenvalue weighted by atomic mass is 32.2. The Labute approximate surface area is 102 Å². The van der Waals surface area contributed by atoms with Gasteiger partial charge in [-0.25, -0.2) is 4.98 Å². The second-order valence-corrected chi connectivity index (χ2v) is 5.99. The Hall–Kier alpha value is -0.480. The third-order valence-corrected chi connectivity index (χ3v) is 4.10. The van der Waals surface area contributed by atoms with Crippen molar-refractivity contribution >= 4 is 11.8 Å². The van der Waals surface area contributed by atoms with Crippen LogP contribution < -0.4 is 5.32 Å². The van der Waals surface area contributed by atoms with Gasteiger partial charge >= 0.3 is 0 Å². The molecular weight excluding hydrogens is 218 g/mol. The molecule has 0 radical (unpaired) electrons. The first-order valence-electron chi connectivity index (χ1n) is 6.24. The van der Waals surface area contributed by atoms with Gasteiger partial charge in [0.25, 0.3) is 0 Å². The molecular formula is C12H21N3S. The fourth-order valence-electron chi connectivity index (χ4n) is 2.19. The minimum atomic E-state index is 0.577. The van der Waals surface area contributed by atoms with Crippen molar-refractivity contribution in [1.82, 2.24) is 15.3 Å². The SMILES string of the molecule is CC(CNC1CCCCC1)Sc1ncc[nH]1. The number of thioether (sulfide) groups is 1.